The number of fused-ring (bicyclic) bond motifs is 1. The molecule has 0 aliphatic carbocycles. The number of benzene rings is 1. The number of hydrogen-bond donors (Lipinski definition) is 0. The Hall–Kier alpha value is -2.35. The van der Waals surface area contributed by atoms with Gasteiger partial charge in [-0.3, -0.25) is 19.3 Å². The molecule has 0 N–H and O–H groups in total. The predicted molar refractivity (Wildman–Crippen MR) is 110 cm³/mol. The molecule has 2 heterocycles. The topological polar surface area (TPSA) is 84.0 Å². The molecule has 0 spiro atoms. The van der Waals surface area contributed by atoms with Crippen molar-refractivity contribution in [2.75, 3.05) is 25.2 Å². The molecule has 8 heteroatoms. The fourth-order valence-corrected chi connectivity index (χ4v) is 4.31. The number of hydrogen-bond acceptors (Lipinski definition) is 6. The molecule has 0 unspecified atom stereocenters. The Kier molecular flexibility index (Phi) is 6.95. The first kappa shape index (κ1) is 21.4. The third kappa shape index (κ3) is 4.47. The van der Waals surface area contributed by atoms with Gasteiger partial charge in [0, 0.05) is 12.6 Å². The number of nitrogens with zero attached hydrogens (tertiary/aromatic N) is 2. The number of ether oxygens (including phenoxy) is 1. The number of carbonyl (C=O) groups is 4. The van der Waals surface area contributed by atoms with Crippen LogP contribution < -0.4 is 0 Å². The van der Waals surface area contributed by atoms with E-state index < -0.39 is 23.8 Å². The van der Waals surface area contributed by atoms with Gasteiger partial charge in [0.15, 0.2) is 6.61 Å². The van der Waals surface area contributed by atoms with Crippen LogP contribution in [0, 0.1) is 0 Å². The van der Waals surface area contributed by atoms with Gasteiger partial charge >= 0.3 is 5.97 Å². The van der Waals surface area contributed by atoms with Gasteiger partial charge in [-0.25, -0.2) is 4.79 Å². The van der Waals surface area contributed by atoms with Crippen LogP contribution in [-0.2, 0) is 14.3 Å². The Bertz CT molecular complexity index is 777. The van der Waals surface area contributed by atoms with Gasteiger partial charge in [0.25, 0.3) is 17.7 Å². The molecule has 0 radical (unpaired) electrons. The number of imide groups is 1. The van der Waals surface area contributed by atoms with E-state index in [-0.39, 0.29) is 36.1 Å². The fraction of sp³-hybridized carbons (Fsp3) is 0.524. The Balaban J connectivity index is 1.70. The molecule has 156 valence electrons. The van der Waals surface area contributed by atoms with Gasteiger partial charge in [-0.05, 0) is 56.7 Å². The van der Waals surface area contributed by atoms with Gasteiger partial charge in [-0.15, -0.1) is 0 Å². The molecule has 0 aromatic heterocycles. The molecule has 3 amide bonds. The highest BCUT2D eigenvalue weighted by molar-refractivity contribution is 7.98. The third-order valence-electron chi connectivity index (χ3n) is 5.47. The molecule has 0 bridgehead atoms. The predicted octanol–water partition coefficient (Wildman–Crippen LogP) is 2.35. The summed E-state index contributed by atoms with van der Waals surface area (Å²) in [5.41, 5.74) is 0.579. The highest BCUT2D eigenvalue weighted by atomic mass is 32.2. The minimum absolute atomic E-state index is 0.124. The maximum absolute atomic E-state index is 12.8. The number of piperidine rings is 1. The van der Waals surface area contributed by atoms with Crippen LogP contribution in [0.2, 0.25) is 0 Å². The highest BCUT2D eigenvalue weighted by Crippen LogP contribution is 2.26. The molecule has 2 aliphatic heterocycles. The standard InChI is InChI=1S/C21H26N2O5S/c1-14-7-5-6-11-22(14)18(24)13-28-21(27)17(10-12-29-2)23-19(25)15-8-3-4-9-16(15)20(23)26/h3-4,8-9,14,17H,5-7,10-13H2,1-2H3/t14-,17+/m1/s1. The zero-order valence-electron chi connectivity index (χ0n) is 16.8. The van der Waals surface area contributed by atoms with Crippen LogP contribution in [0.3, 0.4) is 0 Å². The molecule has 1 fully saturated rings. The average Bonchev–Trinajstić information content (AvgIpc) is 2.98. The maximum Gasteiger partial charge on any atom is 0.329 e. The largest absolute Gasteiger partial charge is 0.454 e. The van der Waals surface area contributed by atoms with Crippen molar-refractivity contribution in [2.45, 2.75) is 44.7 Å². The Morgan fingerprint density at radius 3 is 2.41 bits per heavy atom. The molecule has 0 saturated carbocycles. The van der Waals surface area contributed by atoms with Gasteiger partial charge in [0.2, 0.25) is 0 Å². The summed E-state index contributed by atoms with van der Waals surface area (Å²) >= 11 is 1.51. The second-order valence-corrected chi connectivity index (χ2v) is 8.35. The quantitative estimate of drug-likeness (QED) is 0.499. The molecule has 2 aliphatic rings. The maximum atomic E-state index is 12.8. The molecule has 2 atom stereocenters. The molecule has 29 heavy (non-hydrogen) atoms. The number of esters is 1. The molecule has 3 rings (SSSR count). The first-order chi connectivity index (χ1) is 14.0. The van der Waals surface area contributed by atoms with Crippen molar-refractivity contribution in [1.82, 2.24) is 9.80 Å². The van der Waals surface area contributed by atoms with Crippen LogP contribution >= 0.6 is 11.8 Å². The summed E-state index contributed by atoms with van der Waals surface area (Å²) in [6.45, 7) is 2.27. The first-order valence-electron chi connectivity index (χ1n) is 9.87. The van der Waals surface area contributed by atoms with Crippen molar-refractivity contribution < 1.29 is 23.9 Å². The van der Waals surface area contributed by atoms with Crippen molar-refractivity contribution in [3.8, 4) is 0 Å². The van der Waals surface area contributed by atoms with Crippen LogP contribution in [0.4, 0.5) is 0 Å². The van der Waals surface area contributed by atoms with Crippen molar-refractivity contribution in [2.24, 2.45) is 0 Å². The number of amides is 3. The Morgan fingerprint density at radius 1 is 1.17 bits per heavy atom. The number of carbonyl (C=O) groups excluding carboxylic acids is 4. The molecule has 1 aromatic rings. The molecular formula is C21H26N2O5S. The summed E-state index contributed by atoms with van der Waals surface area (Å²) in [7, 11) is 0. The summed E-state index contributed by atoms with van der Waals surface area (Å²) in [4.78, 5) is 53.5. The normalized spacial score (nSPS) is 19.9. The van der Waals surface area contributed by atoms with E-state index in [1.807, 2.05) is 13.2 Å². The van der Waals surface area contributed by atoms with Gasteiger partial charge in [0.05, 0.1) is 11.1 Å². The van der Waals surface area contributed by atoms with Crippen LogP contribution in [0.15, 0.2) is 24.3 Å². The summed E-state index contributed by atoms with van der Waals surface area (Å²) in [6, 6.07) is 5.60. The van der Waals surface area contributed by atoms with E-state index in [1.165, 1.54) is 11.8 Å². The minimum Gasteiger partial charge on any atom is -0.454 e. The second-order valence-electron chi connectivity index (χ2n) is 7.36. The van der Waals surface area contributed by atoms with Crippen molar-refractivity contribution in [3.63, 3.8) is 0 Å². The van der Waals surface area contributed by atoms with E-state index in [1.54, 1.807) is 29.2 Å². The number of thioether (sulfide) groups is 1. The SMILES string of the molecule is CSCC[C@@H](C(=O)OCC(=O)N1CCCC[C@H]1C)N1C(=O)c2ccccc2C1=O. The van der Waals surface area contributed by atoms with E-state index in [0.717, 1.165) is 24.2 Å². The Labute approximate surface area is 174 Å². The zero-order chi connectivity index (χ0) is 21.0. The lowest BCUT2D eigenvalue weighted by Crippen LogP contribution is -2.48. The van der Waals surface area contributed by atoms with Crippen molar-refractivity contribution in [3.05, 3.63) is 35.4 Å². The average molecular weight is 419 g/mol. The molecular weight excluding hydrogens is 392 g/mol. The first-order valence-corrected chi connectivity index (χ1v) is 11.3. The van der Waals surface area contributed by atoms with E-state index in [0.29, 0.717) is 12.3 Å². The van der Waals surface area contributed by atoms with E-state index in [2.05, 4.69) is 0 Å². The number of likely N-dealkylation sites (tertiary alicyclic amines) is 1. The summed E-state index contributed by atoms with van der Waals surface area (Å²) in [6.07, 6.45) is 5.12. The van der Waals surface area contributed by atoms with E-state index in [9.17, 15) is 19.2 Å². The van der Waals surface area contributed by atoms with Gasteiger partial charge in [0.1, 0.15) is 6.04 Å². The Morgan fingerprint density at radius 2 is 1.83 bits per heavy atom. The van der Waals surface area contributed by atoms with E-state index in [4.69, 9.17) is 4.74 Å². The van der Waals surface area contributed by atoms with Crippen LogP contribution in [0.25, 0.3) is 0 Å². The van der Waals surface area contributed by atoms with Gasteiger partial charge in [-0.1, -0.05) is 12.1 Å². The highest BCUT2D eigenvalue weighted by Gasteiger charge is 2.43. The van der Waals surface area contributed by atoms with Gasteiger partial charge in [-0.2, -0.15) is 11.8 Å². The molecule has 7 nitrogen and oxygen atoms in total. The fourth-order valence-electron chi connectivity index (χ4n) is 3.85. The smallest absolute Gasteiger partial charge is 0.329 e. The summed E-state index contributed by atoms with van der Waals surface area (Å²) in [5.74, 6) is -1.37. The molecule has 1 aromatic carbocycles. The van der Waals surface area contributed by atoms with Crippen LogP contribution in [-0.4, -0.2) is 70.7 Å². The lowest BCUT2D eigenvalue weighted by molar-refractivity contribution is -0.156. The third-order valence-corrected chi connectivity index (χ3v) is 6.11. The van der Waals surface area contributed by atoms with Crippen LogP contribution in [0.1, 0.15) is 53.3 Å². The van der Waals surface area contributed by atoms with Crippen molar-refractivity contribution >= 4 is 35.5 Å². The monoisotopic (exact) mass is 418 g/mol. The second kappa shape index (κ2) is 9.43. The lowest BCUT2D eigenvalue weighted by Gasteiger charge is -2.33. The summed E-state index contributed by atoms with van der Waals surface area (Å²) < 4.78 is 5.29. The van der Waals surface area contributed by atoms with Crippen LogP contribution in [0.5, 0.6) is 0 Å². The van der Waals surface area contributed by atoms with Crippen molar-refractivity contribution in [1.29, 1.82) is 0 Å². The molecule has 1 saturated heterocycles. The minimum atomic E-state index is -1.04. The van der Waals surface area contributed by atoms with E-state index >= 15 is 0 Å². The zero-order valence-corrected chi connectivity index (χ0v) is 17.6. The lowest BCUT2D eigenvalue weighted by atomic mass is 10.0. The number of rotatable bonds is 7. The van der Waals surface area contributed by atoms with Gasteiger partial charge < -0.3 is 9.64 Å². The summed E-state index contributed by atoms with van der Waals surface area (Å²) in [5, 5.41) is 0.